The number of carboxylic acid groups (broad SMARTS) is 1. The molecule has 2 heterocycles. The van der Waals surface area contributed by atoms with Crippen molar-refractivity contribution in [2.75, 3.05) is 0 Å². The Bertz CT molecular complexity index is 478. The van der Waals surface area contributed by atoms with Crippen molar-refractivity contribution in [2.45, 2.75) is 0 Å². The molecule has 5 heteroatoms. The molecule has 66 valence electrons. The smallest absolute Gasteiger partial charge is 0.337 e. The predicted molar refractivity (Wildman–Crippen MR) is 48.1 cm³/mol. The fourth-order valence-corrected chi connectivity index (χ4v) is 1.43. The maximum atomic E-state index is 10.7. The van der Waals surface area contributed by atoms with Gasteiger partial charge in [-0.2, -0.15) is 0 Å². The lowest BCUT2D eigenvalue weighted by atomic mass is 10.2. The third-order valence-electron chi connectivity index (χ3n) is 1.75. The van der Waals surface area contributed by atoms with E-state index in [1.165, 1.54) is 12.4 Å². The van der Waals surface area contributed by atoms with E-state index in [-0.39, 0.29) is 5.56 Å². The van der Waals surface area contributed by atoms with E-state index in [0.29, 0.717) is 16.1 Å². The van der Waals surface area contributed by atoms with Gasteiger partial charge in [-0.25, -0.2) is 9.78 Å². The number of halogens is 1. The molecule has 0 aromatic carbocycles. The number of carbonyl (C=O) groups is 1. The number of nitrogens with zero attached hydrogens (tertiary/aromatic N) is 1. The average molecular weight is 197 g/mol. The van der Waals surface area contributed by atoms with Crippen LogP contribution in [0.4, 0.5) is 0 Å². The van der Waals surface area contributed by atoms with Gasteiger partial charge in [0.25, 0.3) is 0 Å². The summed E-state index contributed by atoms with van der Waals surface area (Å²) >= 11 is 5.82. The van der Waals surface area contributed by atoms with E-state index in [2.05, 4.69) is 9.97 Å². The number of rotatable bonds is 1. The van der Waals surface area contributed by atoms with Crippen LogP contribution in [0.25, 0.3) is 11.0 Å². The maximum Gasteiger partial charge on any atom is 0.337 e. The highest BCUT2D eigenvalue weighted by molar-refractivity contribution is 6.36. The Labute approximate surface area is 78.2 Å². The molecular weight excluding hydrogens is 192 g/mol. The molecule has 0 saturated heterocycles. The van der Waals surface area contributed by atoms with Gasteiger partial charge in [-0.05, 0) is 6.07 Å². The summed E-state index contributed by atoms with van der Waals surface area (Å²) in [5, 5.41) is 9.64. The number of aromatic carboxylic acids is 1. The Kier molecular flexibility index (Phi) is 1.70. The first-order chi connectivity index (χ1) is 6.20. The van der Waals surface area contributed by atoms with E-state index < -0.39 is 5.97 Å². The molecule has 0 amide bonds. The van der Waals surface area contributed by atoms with Crippen molar-refractivity contribution >= 4 is 28.6 Å². The first kappa shape index (κ1) is 8.07. The largest absolute Gasteiger partial charge is 0.478 e. The van der Waals surface area contributed by atoms with Crippen molar-refractivity contribution in [2.24, 2.45) is 0 Å². The summed E-state index contributed by atoms with van der Waals surface area (Å²) in [6.07, 6.45) is 2.90. The number of aromatic amines is 1. The number of carboxylic acids is 1. The van der Waals surface area contributed by atoms with Crippen molar-refractivity contribution in [1.82, 2.24) is 9.97 Å². The lowest BCUT2D eigenvalue weighted by Gasteiger charge is -1.93. The fraction of sp³-hybridized carbons (Fsp3) is 0. The minimum Gasteiger partial charge on any atom is -0.478 e. The van der Waals surface area contributed by atoms with Crippen molar-refractivity contribution in [1.29, 1.82) is 0 Å². The Morgan fingerprint density at radius 3 is 3.08 bits per heavy atom. The van der Waals surface area contributed by atoms with Crippen LogP contribution in [0.2, 0.25) is 5.02 Å². The van der Waals surface area contributed by atoms with Crippen molar-refractivity contribution in [3.05, 3.63) is 29.0 Å². The van der Waals surface area contributed by atoms with Crippen molar-refractivity contribution in [3.8, 4) is 0 Å². The van der Waals surface area contributed by atoms with Gasteiger partial charge in [-0.1, -0.05) is 11.6 Å². The van der Waals surface area contributed by atoms with Gasteiger partial charge in [0.05, 0.1) is 16.0 Å². The number of nitrogens with one attached hydrogen (secondary N) is 1. The van der Waals surface area contributed by atoms with E-state index in [1.807, 2.05) is 0 Å². The lowest BCUT2D eigenvalue weighted by molar-refractivity contribution is 0.0699. The molecule has 0 fully saturated rings. The molecule has 0 aliphatic rings. The number of fused-ring (bicyclic) bond motifs is 1. The third-order valence-corrected chi connectivity index (χ3v) is 2.07. The van der Waals surface area contributed by atoms with Crippen molar-refractivity contribution < 1.29 is 9.90 Å². The summed E-state index contributed by atoms with van der Waals surface area (Å²) in [5.74, 6) is -1.01. The predicted octanol–water partition coefficient (Wildman–Crippen LogP) is 1.91. The summed E-state index contributed by atoms with van der Waals surface area (Å²) in [6, 6.07) is 1.56. The monoisotopic (exact) mass is 196 g/mol. The zero-order valence-electron chi connectivity index (χ0n) is 6.41. The molecule has 13 heavy (non-hydrogen) atoms. The Morgan fingerprint density at radius 2 is 2.38 bits per heavy atom. The van der Waals surface area contributed by atoms with Gasteiger partial charge in [-0.3, -0.25) is 0 Å². The van der Waals surface area contributed by atoms with Gasteiger partial charge in [0.2, 0.25) is 0 Å². The molecule has 2 aromatic rings. The zero-order chi connectivity index (χ0) is 9.42. The topological polar surface area (TPSA) is 66.0 Å². The first-order valence-corrected chi connectivity index (χ1v) is 3.93. The summed E-state index contributed by atoms with van der Waals surface area (Å²) in [7, 11) is 0. The molecule has 0 aliphatic heterocycles. The average Bonchev–Trinajstić information content (AvgIpc) is 2.49. The van der Waals surface area contributed by atoms with Gasteiger partial charge >= 0.3 is 5.97 Å². The number of H-pyrrole nitrogens is 1. The summed E-state index contributed by atoms with van der Waals surface area (Å²) in [6.45, 7) is 0. The van der Waals surface area contributed by atoms with Gasteiger partial charge < -0.3 is 10.1 Å². The van der Waals surface area contributed by atoms with E-state index in [4.69, 9.17) is 16.7 Å². The van der Waals surface area contributed by atoms with Gasteiger partial charge in [-0.15, -0.1) is 0 Å². The maximum absolute atomic E-state index is 10.7. The van der Waals surface area contributed by atoms with E-state index in [1.54, 1.807) is 6.07 Å². The van der Waals surface area contributed by atoms with Crippen LogP contribution < -0.4 is 0 Å². The molecule has 0 bridgehead atoms. The Morgan fingerprint density at radius 1 is 1.62 bits per heavy atom. The molecule has 0 saturated carbocycles. The molecule has 0 radical (unpaired) electrons. The highest BCUT2D eigenvalue weighted by Gasteiger charge is 2.13. The summed E-state index contributed by atoms with van der Waals surface area (Å²) in [4.78, 5) is 17.4. The molecule has 0 spiro atoms. The van der Waals surface area contributed by atoms with Crippen LogP contribution in [0.15, 0.2) is 18.5 Å². The summed E-state index contributed by atoms with van der Waals surface area (Å²) < 4.78 is 0. The van der Waals surface area contributed by atoms with Crippen molar-refractivity contribution in [3.63, 3.8) is 0 Å². The second-order valence-corrected chi connectivity index (χ2v) is 2.93. The second-order valence-electron chi connectivity index (χ2n) is 2.52. The molecular formula is C8H5ClN2O2. The number of aromatic nitrogens is 2. The third kappa shape index (κ3) is 1.15. The number of pyridine rings is 1. The van der Waals surface area contributed by atoms with E-state index >= 15 is 0 Å². The summed E-state index contributed by atoms with van der Waals surface area (Å²) in [5.41, 5.74) is 0.637. The SMILES string of the molecule is O=C(O)c1c[nH]c2nccc(Cl)c12. The number of hydrogen-bond donors (Lipinski definition) is 2. The number of hydrogen-bond acceptors (Lipinski definition) is 2. The molecule has 2 N–H and O–H groups in total. The Balaban J connectivity index is 2.86. The highest BCUT2D eigenvalue weighted by atomic mass is 35.5. The van der Waals surface area contributed by atoms with Crippen LogP contribution in [0, 0.1) is 0 Å². The molecule has 4 nitrogen and oxygen atoms in total. The normalized spacial score (nSPS) is 10.5. The fourth-order valence-electron chi connectivity index (χ4n) is 1.19. The van der Waals surface area contributed by atoms with E-state index in [0.717, 1.165) is 0 Å². The van der Waals surface area contributed by atoms with Gasteiger partial charge in [0.1, 0.15) is 5.65 Å². The first-order valence-electron chi connectivity index (χ1n) is 3.55. The molecule has 0 unspecified atom stereocenters. The standard InChI is InChI=1S/C8H5ClN2O2/c9-5-1-2-10-7-6(5)4(3-11-7)8(12)13/h1-3H,(H,10,11)(H,12,13). The highest BCUT2D eigenvalue weighted by Crippen LogP contribution is 2.24. The zero-order valence-corrected chi connectivity index (χ0v) is 7.17. The second kappa shape index (κ2) is 2.74. The molecule has 0 aliphatic carbocycles. The van der Waals surface area contributed by atoms with Crippen LogP contribution in [-0.4, -0.2) is 21.0 Å². The Hall–Kier alpha value is -1.55. The quantitative estimate of drug-likeness (QED) is 0.732. The van der Waals surface area contributed by atoms with Crippen LogP contribution in [0.3, 0.4) is 0 Å². The van der Waals surface area contributed by atoms with Crippen LogP contribution in [0.1, 0.15) is 10.4 Å². The van der Waals surface area contributed by atoms with Gasteiger partial charge in [0, 0.05) is 12.4 Å². The molecule has 2 aromatic heterocycles. The van der Waals surface area contributed by atoms with Gasteiger partial charge in [0.15, 0.2) is 0 Å². The van der Waals surface area contributed by atoms with Crippen LogP contribution >= 0.6 is 11.6 Å². The lowest BCUT2D eigenvalue weighted by Crippen LogP contribution is -1.94. The van der Waals surface area contributed by atoms with E-state index in [9.17, 15) is 4.79 Å². The molecule has 0 atom stereocenters. The van der Waals surface area contributed by atoms with Crippen LogP contribution in [0.5, 0.6) is 0 Å². The minimum absolute atomic E-state index is 0.146. The minimum atomic E-state index is -1.01. The van der Waals surface area contributed by atoms with Crippen LogP contribution in [-0.2, 0) is 0 Å². The molecule has 2 rings (SSSR count).